The van der Waals surface area contributed by atoms with E-state index in [4.69, 9.17) is 4.74 Å². The van der Waals surface area contributed by atoms with Crippen LogP contribution in [-0.4, -0.2) is 22.8 Å². The van der Waals surface area contributed by atoms with Crippen LogP contribution in [0.2, 0.25) is 0 Å². The minimum atomic E-state index is -1.11. The second kappa shape index (κ2) is 5.97. The van der Waals surface area contributed by atoms with Crippen molar-refractivity contribution < 1.29 is 14.6 Å². The SMILES string of the molecule is C=C(C)[C@@H]1CC[C@]2(C)[C@@H]1CC[C@]1(C)C[C@H](OC(C)=O)[C@@](C)(O)C=C[C@H]12. The fraction of sp³-hybridized carbons (Fsp3) is 0.773. The molecule has 0 saturated heterocycles. The summed E-state index contributed by atoms with van der Waals surface area (Å²) in [6.45, 7) is 14.4. The van der Waals surface area contributed by atoms with Crippen LogP contribution in [0.15, 0.2) is 24.3 Å². The van der Waals surface area contributed by atoms with Crippen molar-refractivity contribution in [3.05, 3.63) is 24.3 Å². The molecule has 0 bridgehead atoms. The van der Waals surface area contributed by atoms with Crippen molar-refractivity contribution in [2.75, 3.05) is 0 Å². The number of hydrogen-bond donors (Lipinski definition) is 1. The highest BCUT2D eigenvalue weighted by Gasteiger charge is 2.59. The summed E-state index contributed by atoms with van der Waals surface area (Å²) >= 11 is 0. The number of rotatable bonds is 2. The summed E-state index contributed by atoms with van der Waals surface area (Å²) in [5.74, 6) is 1.37. The van der Waals surface area contributed by atoms with Gasteiger partial charge in [0.15, 0.2) is 0 Å². The summed E-state index contributed by atoms with van der Waals surface area (Å²) in [6, 6.07) is 0. The summed E-state index contributed by atoms with van der Waals surface area (Å²) in [4.78, 5) is 11.6. The maximum Gasteiger partial charge on any atom is 0.303 e. The van der Waals surface area contributed by atoms with Gasteiger partial charge in [-0.1, -0.05) is 38.2 Å². The normalized spacial score (nSPS) is 49.0. The molecule has 3 aliphatic carbocycles. The van der Waals surface area contributed by atoms with E-state index in [1.165, 1.54) is 31.8 Å². The average molecular weight is 347 g/mol. The molecule has 0 amide bonds. The molecule has 0 aromatic heterocycles. The number of hydrogen-bond acceptors (Lipinski definition) is 3. The lowest BCUT2D eigenvalue weighted by Crippen LogP contribution is -2.49. The Bertz CT molecular complexity index is 604. The van der Waals surface area contributed by atoms with Crippen LogP contribution in [0.3, 0.4) is 0 Å². The fourth-order valence-corrected chi connectivity index (χ4v) is 6.33. The molecule has 140 valence electrons. The molecule has 2 saturated carbocycles. The Hall–Kier alpha value is -1.09. The number of carbonyl (C=O) groups is 1. The molecule has 3 nitrogen and oxygen atoms in total. The van der Waals surface area contributed by atoms with Gasteiger partial charge < -0.3 is 9.84 Å². The van der Waals surface area contributed by atoms with E-state index in [2.05, 4.69) is 33.4 Å². The van der Waals surface area contributed by atoms with Crippen molar-refractivity contribution in [1.29, 1.82) is 0 Å². The molecule has 0 aromatic rings. The van der Waals surface area contributed by atoms with Crippen molar-refractivity contribution in [2.45, 2.75) is 78.4 Å². The monoisotopic (exact) mass is 346 g/mol. The number of ether oxygens (including phenoxy) is 1. The van der Waals surface area contributed by atoms with E-state index in [0.29, 0.717) is 17.8 Å². The highest BCUT2D eigenvalue weighted by atomic mass is 16.6. The van der Waals surface area contributed by atoms with E-state index in [-0.39, 0.29) is 16.8 Å². The summed E-state index contributed by atoms with van der Waals surface area (Å²) in [6.07, 6.45) is 9.13. The Balaban J connectivity index is 1.97. The van der Waals surface area contributed by atoms with Crippen LogP contribution in [0.4, 0.5) is 0 Å². The lowest BCUT2D eigenvalue weighted by Gasteiger charge is -2.54. The predicted molar refractivity (Wildman–Crippen MR) is 99.9 cm³/mol. The van der Waals surface area contributed by atoms with Crippen molar-refractivity contribution in [1.82, 2.24) is 0 Å². The third-order valence-electron chi connectivity index (χ3n) is 7.69. The first-order valence-electron chi connectivity index (χ1n) is 9.74. The Morgan fingerprint density at radius 1 is 1.20 bits per heavy atom. The van der Waals surface area contributed by atoms with Gasteiger partial charge in [0.2, 0.25) is 0 Å². The molecule has 0 spiro atoms. The van der Waals surface area contributed by atoms with Crippen molar-refractivity contribution in [3.8, 4) is 0 Å². The topological polar surface area (TPSA) is 46.5 Å². The second-order valence-electron chi connectivity index (χ2n) is 9.66. The molecule has 0 aliphatic heterocycles. The molecule has 3 aliphatic rings. The Morgan fingerprint density at radius 3 is 2.48 bits per heavy atom. The zero-order valence-electron chi connectivity index (χ0n) is 16.5. The summed E-state index contributed by atoms with van der Waals surface area (Å²) < 4.78 is 5.55. The lowest BCUT2D eigenvalue weighted by atomic mass is 9.51. The van der Waals surface area contributed by atoms with Gasteiger partial charge in [-0.3, -0.25) is 4.79 Å². The van der Waals surface area contributed by atoms with Crippen molar-refractivity contribution >= 4 is 5.97 Å². The van der Waals surface area contributed by atoms with E-state index in [0.717, 1.165) is 12.8 Å². The molecule has 3 heteroatoms. The van der Waals surface area contributed by atoms with Crippen LogP contribution in [0, 0.1) is 28.6 Å². The van der Waals surface area contributed by atoms with E-state index < -0.39 is 11.7 Å². The van der Waals surface area contributed by atoms with Gasteiger partial charge in [-0.25, -0.2) is 0 Å². The summed E-state index contributed by atoms with van der Waals surface area (Å²) in [5.41, 5.74) is 0.491. The minimum Gasteiger partial charge on any atom is -0.459 e. The van der Waals surface area contributed by atoms with Gasteiger partial charge >= 0.3 is 5.97 Å². The van der Waals surface area contributed by atoms with Gasteiger partial charge in [-0.2, -0.15) is 0 Å². The third-order valence-corrected chi connectivity index (χ3v) is 7.69. The molecule has 0 radical (unpaired) electrons. The summed E-state index contributed by atoms with van der Waals surface area (Å²) in [7, 11) is 0. The van der Waals surface area contributed by atoms with Crippen LogP contribution in [0.1, 0.15) is 66.7 Å². The molecule has 25 heavy (non-hydrogen) atoms. The lowest BCUT2D eigenvalue weighted by molar-refractivity contribution is -0.162. The number of aliphatic hydroxyl groups is 1. The average Bonchev–Trinajstić information content (AvgIpc) is 2.77. The van der Waals surface area contributed by atoms with Crippen LogP contribution in [0.25, 0.3) is 0 Å². The molecule has 1 N–H and O–H groups in total. The molecule has 7 atom stereocenters. The van der Waals surface area contributed by atoms with Crippen LogP contribution in [-0.2, 0) is 9.53 Å². The maximum absolute atomic E-state index is 11.6. The zero-order valence-corrected chi connectivity index (χ0v) is 16.5. The molecule has 0 unspecified atom stereocenters. The van der Waals surface area contributed by atoms with E-state index in [1.807, 2.05) is 6.08 Å². The van der Waals surface area contributed by atoms with E-state index in [1.54, 1.807) is 6.92 Å². The van der Waals surface area contributed by atoms with E-state index >= 15 is 0 Å². The molecule has 0 heterocycles. The number of esters is 1. The molecule has 2 fully saturated rings. The number of carbonyl (C=O) groups excluding carboxylic acids is 1. The van der Waals surface area contributed by atoms with Crippen LogP contribution < -0.4 is 0 Å². The maximum atomic E-state index is 11.6. The molecular weight excluding hydrogens is 312 g/mol. The quantitative estimate of drug-likeness (QED) is 0.584. The highest BCUT2D eigenvalue weighted by molar-refractivity contribution is 5.66. The summed E-state index contributed by atoms with van der Waals surface area (Å²) in [5, 5.41) is 10.9. The minimum absolute atomic E-state index is 0.0479. The van der Waals surface area contributed by atoms with Crippen LogP contribution >= 0.6 is 0 Å². The van der Waals surface area contributed by atoms with Crippen LogP contribution in [0.5, 0.6) is 0 Å². The standard InChI is InChI=1S/C22H34O3/c1-14(2)16-7-11-21(5)17(16)8-10-20(4)13-19(25-15(3)23)22(6,24)12-9-18(20)21/h9,12,16-19,24H,1,7-8,10-11,13H2,2-6H3/t16-,17+,18+,19-,20+,21+,22-/m0/s1. The number of allylic oxidation sites excluding steroid dienone is 2. The van der Waals surface area contributed by atoms with E-state index in [9.17, 15) is 9.90 Å². The smallest absolute Gasteiger partial charge is 0.303 e. The predicted octanol–water partition coefficient (Wildman–Crippen LogP) is 4.65. The highest BCUT2D eigenvalue weighted by Crippen LogP contribution is 2.65. The Kier molecular flexibility index (Phi) is 4.47. The fourth-order valence-electron chi connectivity index (χ4n) is 6.33. The van der Waals surface area contributed by atoms with Gasteiger partial charge in [0.1, 0.15) is 11.7 Å². The van der Waals surface area contributed by atoms with Gasteiger partial charge in [0.25, 0.3) is 0 Å². The van der Waals surface area contributed by atoms with Gasteiger partial charge in [-0.15, -0.1) is 0 Å². The second-order valence-corrected chi connectivity index (χ2v) is 9.66. The first kappa shape index (κ1) is 18.7. The molecule has 0 aromatic carbocycles. The van der Waals surface area contributed by atoms with Gasteiger partial charge in [0.05, 0.1) is 0 Å². The van der Waals surface area contributed by atoms with Gasteiger partial charge in [-0.05, 0) is 74.5 Å². The Morgan fingerprint density at radius 2 is 1.88 bits per heavy atom. The number of fused-ring (bicyclic) bond motifs is 3. The zero-order chi connectivity index (χ0) is 18.6. The van der Waals surface area contributed by atoms with Gasteiger partial charge in [0, 0.05) is 6.92 Å². The van der Waals surface area contributed by atoms with Crippen molar-refractivity contribution in [3.63, 3.8) is 0 Å². The largest absolute Gasteiger partial charge is 0.459 e. The molecule has 3 rings (SSSR count). The first-order valence-corrected chi connectivity index (χ1v) is 9.74. The first-order chi connectivity index (χ1) is 11.5. The third kappa shape index (κ3) is 2.99. The van der Waals surface area contributed by atoms with Crippen molar-refractivity contribution in [2.24, 2.45) is 28.6 Å². The Labute approximate surface area is 152 Å². The molecular formula is C22H34O3.